The molecule has 3 aliphatic rings. The normalized spacial score (nSPS) is 37.1. The summed E-state index contributed by atoms with van der Waals surface area (Å²) in [6, 6.07) is -0.648. The number of carboxylic acid groups (broad SMARTS) is 1. The maximum absolute atomic E-state index is 12.3. The molecule has 0 aromatic rings. The van der Waals surface area contributed by atoms with E-state index in [4.69, 9.17) is 5.11 Å². The van der Waals surface area contributed by atoms with Gasteiger partial charge in [0, 0.05) is 6.04 Å². The number of nitrogens with zero attached hydrogens (tertiary/aromatic N) is 1. The summed E-state index contributed by atoms with van der Waals surface area (Å²) < 4.78 is 36.9. The fourth-order valence-electron chi connectivity index (χ4n) is 2.74. The number of carbonyl (C=O) groups is 2. The second-order valence-electron chi connectivity index (χ2n) is 4.42. The molecular weight excluding hydrogens is 227 g/mol. The lowest BCUT2D eigenvalue weighted by molar-refractivity contribution is -0.193. The SMILES string of the molecule is CC1C2CC(C(=O)O)(C2)N1C(=O)C(F)(F)F. The van der Waals surface area contributed by atoms with Gasteiger partial charge in [-0.25, -0.2) is 4.79 Å². The van der Waals surface area contributed by atoms with Gasteiger partial charge >= 0.3 is 18.1 Å². The van der Waals surface area contributed by atoms with Crippen molar-refractivity contribution in [2.75, 3.05) is 0 Å². The summed E-state index contributed by atoms with van der Waals surface area (Å²) in [6.45, 7) is 1.46. The molecule has 1 aliphatic carbocycles. The number of hydrogen-bond acceptors (Lipinski definition) is 2. The number of carbonyl (C=O) groups excluding carboxylic acids is 1. The molecule has 2 saturated heterocycles. The van der Waals surface area contributed by atoms with Crippen molar-refractivity contribution in [1.29, 1.82) is 0 Å². The highest BCUT2D eigenvalue weighted by Gasteiger charge is 2.69. The van der Waals surface area contributed by atoms with E-state index in [0.29, 0.717) is 4.90 Å². The number of fused-ring (bicyclic) bond motifs is 1. The number of rotatable bonds is 1. The van der Waals surface area contributed by atoms with Gasteiger partial charge in [0.25, 0.3) is 0 Å². The molecule has 1 N–H and O–H groups in total. The first-order valence-electron chi connectivity index (χ1n) is 4.84. The van der Waals surface area contributed by atoms with Gasteiger partial charge in [0.2, 0.25) is 0 Å². The van der Waals surface area contributed by atoms with Gasteiger partial charge in [-0.15, -0.1) is 0 Å². The van der Waals surface area contributed by atoms with Crippen LogP contribution in [-0.4, -0.2) is 39.6 Å². The van der Waals surface area contributed by atoms with E-state index < -0.39 is 29.6 Å². The summed E-state index contributed by atoms with van der Waals surface area (Å²) in [4.78, 5) is 22.6. The maximum Gasteiger partial charge on any atom is 0.471 e. The number of alkyl halides is 3. The van der Waals surface area contributed by atoms with Gasteiger partial charge in [-0.05, 0) is 25.7 Å². The molecule has 2 heterocycles. The van der Waals surface area contributed by atoms with E-state index >= 15 is 0 Å². The Morgan fingerprint density at radius 3 is 2.25 bits per heavy atom. The van der Waals surface area contributed by atoms with E-state index in [1.54, 1.807) is 0 Å². The third-order valence-corrected chi connectivity index (χ3v) is 3.61. The maximum atomic E-state index is 12.3. The van der Waals surface area contributed by atoms with Crippen molar-refractivity contribution in [2.45, 2.75) is 37.5 Å². The van der Waals surface area contributed by atoms with E-state index in [1.165, 1.54) is 6.92 Å². The molecule has 4 nitrogen and oxygen atoms in total. The average molecular weight is 237 g/mol. The van der Waals surface area contributed by atoms with Crippen LogP contribution in [0.5, 0.6) is 0 Å². The minimum Gasteiger partial charge on any atom is -0.479 e. The lowest BCUT2D eigenvalue weighted by Crippen LogP contribution is -2.58. The van der Waals surface area contributed by atoms with Crippen LogP contribution in [0, 0.1) is 5.92 Å². The van der Waals surface area contributed by atoms with E-state index in [1.807, 2.05) is 0 Å². The van der Waals surface area contributed by atoms with Gasteiger partial charge in [-0.1, -0.05) is 0 Å². The number of halogens is 3. The van der Waals surface area contributed by atoms with Crippen molar-refractivity contribution in [3.63, 3.8) is 0 Å². The first-order chi connectivity index (χ1) is 7.20. The van der Waals surface area contributed by atoms with E-state index in [-0.39, 0.29) is 18.8 Å². The molecule has 1 unspecified atom stereocenters. The monoisotopic (exact) mass is 237 g/mol. The van der Waals surface area contributed by atoms with Crippen molar-refractivity contribution in [3.8, 4) is 0 Å². The van der Waals surface area contributed by atoms with Crippen LogP contribution in [0.1, 0.15) is 19.8 Å². The zero-order valence-electron chi connectivity index (χ0n) is 8.41. The minimum absolute atomic E-state index is 0.123. The predicted octanol–water partition coefficient (Wildman–Crippen LogP) is 1.01. The van der Waals surface area contributed by atoms with Crippen molar-refractivity contribution in [2.24, 2.45) is 5.92 Å². The molecule has 0 aromatic carbocycles. The molecule has 0 spiro atoms. The lowest BCUT2D eigenvalue weighted by Gasteiger charge is -2.37. The third kappa shape index (κ3) is 1.17. The molecule has 7 heteroatoms. The molecule has 2 aliphatic heterocycles. The van der Waals surface area contributed by atoms with Crippen LogP contribution in [-0.2, 0) is 9.59 Å². The van der Waals surface area contributed by atoms with Crippen LogP contribution < -0.4 is 0 Å². The average Bonchev–Trinajstić information content (AvgIpc) is 2.48. The molecule has 0 aromatic heterocycles. The smallest absolute Gasteiger partial charge is 0.471 e. The van der Waals surface area contributed by atoms with Crippen molar-refractivity contribution >= 4 is 11.9 Å². The molecule has 0 radical (unpaired) electrons. The number of amides is 1. The van der Waals surface area contributed by atoms with Crippen LogP contribution in [0.2, 0.25) is 0 Å². The minimum atomic E-state index is -5.01. The summed E-state index contributed by atoms with van der Waals surface area (Å²) in [5.41, 5.74) is -1.61. The van der Waals surface area contributed by atoms with Crippen LogP contribution in [0.3, 0.4) is 0 Å². The Hall–Kier alpha value is -1.27. The zero-order chi connectivity index (χ0) is 12.3. The Bertz CT molecular complexity index is 360. The quantitative estimate of drug-likeness (QED) is 0.740. The van der Waals surface area contributed by atoms with Crippen LogP contribution in [0.25, 0.3) is 0 Å². The highest BCUT2D eigenvalue weighted by atomic mass is 19.4. The molecule has 1 atom stereocenters. The highest BCUT2D eigenvalue weighted by molar-refractivity contribution is 5.92. The van der Waals surface area contributed by atoms with Crippen LogP contribution in [0.15, 0.2) is 0 Å². The first-order valence-corrected chi connectivity index (χ1v) is 4.84. The Balaban J connectivity index is 2.33. The lowest BCUT2D eigenvalue weighted by atomic mass is 9.72. The summed E-state index contributed by atoms with van der Waals surface area (Å²) in [5, 5.41) is 8.95. The molecule has 16 heavy (non-hydrogen) atoms. The summed E-state index contributed by atoms with van der Waals surface area (Å²) in [6.07, 6.45) is -4.75. The van der Waals surface area contributed by atoms with Crippen LogP contribution >= 0.6 is 0 Å². The molecule has 1 saturated carbocycles. The zero-order valence-corrected chi connectivity index (χ0v) is 8.41. The van der Waals surface area contributed by atoms with Crippen molar-refractivity contribution in [1.82, 2.24) is 4.90 Å². The molecule has 2 bridgehead atoms. The van der Waals surface area contributed by atoms with Crippen LogP contribution in [0.4, 0.5) is 13.2 Å². The number of aliphatic carboxylic acids is 1. The van der Waals surface area contributed by atoms with Gasteiger partial charge in [-0.3, -0.25) is 4.79 Å². The first kappa shape index (κ1) is 11.2. The van der Waals surface area contributed by atoms with Gasteiger partial charge in [0.15, 0.2) is 0 Å². The van der Waals surface area contributed by atoms with Gasteiger partial charge < -0.3 is 10.0 Å². The van der Waals surface area contributed by atoms with Crippen molar-refractivity contribution < 1.29 is 27.9 Å². The molecular formula is C9H10F3NO3. The number of hydrogen-bond donors (Lipinski definition) is 1. The fraction of sp³-hybridized carbons (Fsp3) is 0.778. The third-order valence-electron chi connectivity index (χ3n) is 3.61. The van der Waals surface area contributed by atoms with E-state index in [9.17, 15) is 22.8 Å². The summed E-state index contributed by atoms with van der Waals surface area (Å²) >= 11 is 0. The second kappa shape index (κ2) is 2.89. The molecule has 90 valence electrons. The van der Waals surface area contributed by atoms with Crippen molar-refractivity contribution in [3.05, 3.63) is 0 Å². The molecule has 3 fully saturated rings. The highest BCUT2D eigenvalue weighted by Crippen LogP contribution is 2.55. The summed E-state index contributed by atoms with van der Waals surface area (Å²) in [5.74, 6) is -3.50. The molecule has 1 amide bonds. The Labute approximate surface area is 89.0 Å². The summed E-state index contributed by atoms with van der Waals surface area (Å²) in [7, 11) is 0. The Kier molecular flexibility index (Phi) is 2.03. The second-order valence-corrected chi connectivity index (χ2v) is 4.42. The van der Waals surface area contributed by atoms with Gasteiger partial charge in [-0.2, -0.15) is 13.2 Å². The molecule has 3 rings (SSSR count). The van der Waals surface area contributed by atoms with E-state index in [0.717, 1.165) is 0 Å². The predicted molar refractivity (Wildman–Crippen MR) is 45.5 cm³/mol. The van der Waals surface area contributed by atoms with E-state index in [2.05, 4.69) is 0 Å². The Morgan fingerprint density at radius 2 is 1.88 bits per heavy atom. The number of carboxylic acids is 1. The largest absolute Gasteiger partial charge is 0.479 e. The Morgan fingerprint density at radius 1 is 1.38 bits per heavy atom. The standard InChI is InChI=1S/C9H10F3NO3/c1-4-5-2-8(3-5,7(15)16)13(4)6(14)9(10,11)12/h4-5H,2-3H2,1H3,(H,15,16). The fourth-order valence-corrected chi connectivity index (χ4v) is 2.74. The van der Waals surface area contributed by atoms with Gasteiger partial charge in [0.05, 0.1) is 0 Å². The van der Waals surface area contributed by atoms with Gasteiger partial charge in [0.1, 0.15) is 5.54 Å². The topological polar surface area (TPSA) is 57.6 Å².